The van der Waals surface area contributed by atoms with Crippen LogP contribution in [0.1, 0.15) is 50.6 Å². The number of hydrogen-bond acceptors (Lipinski definition) is 6. The van der Waals surface area contributed by atoms with E-state index in [9.17, 15) is 18.0 Å². The lowest BCUT2D eigenvalue weighted by Gasteiger charge is -2.14. The Morgan fingerprint density at radius 1 is 0.909 bits per heavy atom. The second kappa shape index (κ2) is 9.29. The van der Waals surface area contributed by atoms with Gasteiger partial charge in [0.2, 0.25) is 0 Å². The normalized spacial score (nSPS) is 14.4. The number of amides is 2. The van der Waals surface area contributed by atoms with Crippen molar-refractivity contribution in [2.24, 2.45) is 5.10 Å². The minimum absolute atomic E-state index is 0.0360. The van der Waals surface area contributed by atoms with E-state index in [-0.39, 0.29) is 10.7 Å². The van der Waals surface area contributed by atoms with Gasteiger partial charge in [-0.25, -0.2) is 0 Å². The molecule has 2 aromatic carbocycles. The topological polar surface area (TPSA) is 130 Å². The quantitative estimate of drug-likeness (QED) is 0.498. The molecule has 10 heteroatoms. The van der Waals surface area contributed by atoms with E-state index in [1.165, 1.54) is 12.1 Å². The van der Waals surface area contributed by atoms with Crippen molar-refractivity contribution in [2.45, 2.75) is 31.1 Å². The molecule has 4 rings (SSSR count). The Morgan fingerprint density at radius 3 is 2.24 bits per heavy atom. The molecule has 0 atom stereocenters. The van der Waals surface area contributed by atoms with E-state index in [0.717, 1.165) is 0 Å². The van der Waals surface area contributed by atoms with Gasteiger partial charge in [0.05, 0.1) is 10.6 Å². The number of fused-ring (bicyclic) bond motifs is 1. The number of carbonyl (C=O) groups is 2. The highest BCUT2D eigenvalue weighted by molar-refractivity contribution is 7.89. The predicted molar refractivity (Wildman–Crippen MR) is 121 cm³/mol. The van der Waals surface area contributed by atoms with Crippen molar-refractivity contribution < 1.29 is 22.4 Å². The lowest BCUT2D eigenvalue weighted by Crippen LogP contribution is -2.41. The Labute approximate surface area is 190 Å². The number of carbonyl (C=O) groups excluding carboxylic acids is 2. The number of rotatable bonds is 5. The van der Waals surface area contributed by atoms with E-state index in [1.54, 1.807) is 55.5 Å². The number of hydrazine groups is 1. The highest BCUT2D eigenvalue weighted by Gasteiger charge is 2.28. The molecule has 33 heavy (non-hydrogen) atoms. The lowest BCUT2D eigenvalue weighted by atomic mass is 9.93. The molecule has 0 fully saturated rings. The van der Waals surface area contributed by atoms with Gasteiger partial charge in [0.1, 0.15) is 5.76 Å². The van der Waals surface area contributed by atoms with Gasteiger partial charge >= 0.3 is 5.91 Å². The molecule has 9 nitrogen and oxygen atoms in total. The average molecular weight is 467 g/mol. The van der Waals surface area contributed by atoms with Crippen molar-refractivity contribution in [3.8, 4) is 0 Å². The van der Waals surface area contributed by atoms with E-state index < -0.39 is 21.8 Å². The number of hydrazone groups is 1. The first kappa shape index (κ1) is 22.3. The molecule has 0 spiro atoms. The highest BCUT2D eigenvalue weighted by atomic mass is 32.2. The highest BCUT2D eigenvalue weighted by Crippen LogP contribution is 2.30. The third kappa shape index (κ3) is 4.80. The lowest BCUT2D eigenvalue weighted by molar-refractivity contribution is 0.0829. The summed E-state index contributed by atoms with van der Waals surface area (Å²) in [5, 5.41) is 4.14. The summed E-state index contributed by atoms with van der Waals surface area (Å²) >= 11 is 0. The van der Waals surface area contributed by atoms with Crippen LogP contribution in [0.3, 0.4) is 0 Å². The molecule has 2 amide bonds. The second-order valence-electron chi connectivity index (χ2n) is 7.45. The van der Waals surface area contributed by atoms with E-state index >= 15 is 0 Å². The van der Waals surface area contributed by atoms with E-state index in [0.29, 0.717) is 47.4 Å². The van der Waals surface area contributed by atoms with Crippen LogP contribution < -0.4 is 15.7 Å². The second-order valence-corrected chi connectivity index (χ2v) is 9.11. The number of benzene rings is 2. The van der Waals surface area contributed by atoms with Crippen molar-refractivity contribution in [2.75, 3.05) is 0 Å². The zero-order valence-electron chi connectivity index (χ0n) is 17.8. The van der Waals surface area contributed by atoms with Gasteiger partial charge < -0.3 is 4.42 Å². The number of furan rings is 1. The summed E-state index contributed by atoms with van der Waals surface area (Å²) in [6.07, 6.45) is 1.80. The smallest absolute Gasteiger partial charge is 0.305 e. The van der Waals surface area contributed by atoms with E-state index in [4.69, 9.17) is 4.42 Å². The van der Waals surface area contributed by atoms with Crippen molar-refractivity contribution in [3.63, 3.8) is 0 Å². The Balaban J connectivity index is 1.52. The Bertz CT molecular complexity index is 1320. The van der Waals surface area contributed by atoms with Crippen LogP contribution in [0.15, 0.2) is 75.1 Å². The predicted octanol–water partition coefficient (Wildman–Crippen LogP) is 2.68. The zero-order valence-corrected chi connectivity index (χ0v) is 18.6. The molecule has 1 heterocycles. The van der Waals surface area contributed by atoms with Gasteiger partial charge in [0.25, 0.3) is 15.9 Å². The minimum atomic E-state index is -3.82. The molecule has 0 aliphatic heterocycles. The minimum Gasteiger partial charge on any atom is -0.455 e. The summed E-state index contributed by atoms with van der Waals surface area (Å²) in [7, 11) is -3.82. The fourth-order valence-electron chi connectivity index (χ4n) is 3.60. The fourth-order valence-corrected chi connectivity index (χ4v) is 4.45. The maximum atomic E-state index is 12.7. The van der Waals surface area contributed by atoms with Crippen LogP contribution >= 0.6 is 0 Å². The third-order valence-electron chi connectivity index (χ3n) is 5.21. The SMILES string of the molecule is Cc1c(C(=O)NNC(=O)c2ccccc2)oc2c1/C(=N/NS(=O)(=O)c1ccccc1)CCC2. The molecular weight excluding hydrogens is 444 g/mol. The molecule has 1 aliphatic rings. The van der Waals surface area contributed by atoms with Gasteiger partial charge in [-0.3, -0.25) is 20.4 Å². The first-order chi connectivity index (χ1) is 15.9. The molecule has 1 aliphatic carbocycles. The number of hydrogen-bond donors (Lipinski definition) is 3. The molecule has 0 saturated heterocycles. The first-order valence-corrected chi connectivity index (χ1v) is 11.8. The van der Waals surface area contributed by atoms with Gasteiger partial charge in [0, 0.05) is 23.1 Å². The maximum Gasteiger partial charge on any atom is 0.305 e. The Morgan fingerprint density at radius 2 is 1.55 bits per heavy atom. The number of nitrogens with zero attached hydrogens (tertiary/aromatic N) is 1. The summed E-state index contributed by atoms with van der Waals surface area (Å²) < 4.78 is 30.8. The molecule has 0 bridgehead atoms. The molecule has 0 saturated carbocycles. The summed E-state index contributed by atoms with van der Waals surface area (Å²) in [6.45, 7) is 1.70. The number of sulfonamides is 1. The molecule has 1 aromatic heterocycles. The summed E-state index contributed by atoms with van der Waals surface area (Å²) in [6, 6.07) is 16.4. The van der Waals surface area contributed by atoms with Crippen LogP contribution in [-0.2, 0) is 16.4 Å². The van der Waals surface area contributed by atoms with Gasteiger partial charge in [-0.15, -0.1) is 0 Å². The first-order valence-electron chi connectivity index (χ1n) is 10.3. The van der Waals surface area contributed by atoms with Crippen LogP contribution in [0.5, 0.6) is 0 Å². The van der Waals surface area contributed by atoms with Crippen LogP contribution in [0.4, 0.5) is 0 Å². The average Bonchev–Trinajstić information content (AvgIpc) is 3.19. The third-order valence-corrected chi connectivity index (χ3v) is 6.44. The zero-order chi connectivity index (χ0) is 23.4. The molecule has 3 aromatic rings. The van der Waals surface area contributed by atoms with E-state index in [2.05, 4.69) is 20.8 Å². The number of aryl methyl sites for hydroxylation is 1. The Hall–Kier alpha value is -3.92. The van der Waals surface area contributed by atoms with Crippen molar-refractivity contribution in [3.05, 3.63) is 88.9 Å². The van der Waals surface area contributed by atoms with Crippen LogP contribution in [-0.4, -0.2) is 25.9 Å². The van der Waals surface area contributed by atoms with Gasteiger partial charge in [-0.05, 0) is 44.0 Å². The van der Waals surface area contributed by atoms with E-state index in [1.807, 2.05) is 0 Å². The molecular formula is C23H22N4O5S. The molecule has 3 N–H and O–H groups in total. The maximum absolute atomic E-state index is 12.7. The van der Waals surface area contributed by atoms with Crippen molar-refractivity contribution >= 4 is 27.5 Å². The summed E-state index contributed by atoms with van der Waals surface area (Å²) in [5.41, 5.74) is 6.73. The molecule has 170 valence electrons. The molecule has 0 radical (unpaired) electrons. The van der Waals surface area contributed by atoms with Gasteiger partial charge in [-0.2, -0.15) is 18.4 Å². The van der Waals surface area contributed by atoms with Crippen molar-refractivity contribution in [1.82, 2.24) is 15.7 Å². The summed E-state index contributed by atoms with van der Waals surface area (Å²) in [5.74, 6) is -0.490. The van der Waals surface area contributed by atoms with Gasteiger partial charge in [0.15, 0.2) is 5.76 Å². The number of nitrogens with one attached hydrogen (secondary N) is 3. The largest absolute Gasteiger partial charge is 0.455 e. The fraction of sp³-hybridized carbons (Fsp3) is 0.174. The standard InChI is InChI=1S/C23H22N4O5S/c1-15-20-18(24-27-33(30,31)17-11-6-3-7-12-17)13-8-14-19(20)32-21(15)23(29)26-25-22(28)16-9-4-2-5-10-16/h2-7,9-12,27H,8,13-14H2,1H3,(H,25,28)(H,26,29)/b24-18+. The van der Waals surface area contributed by atoms with Crippen molar-refractivity contribution in [1.29, 1.82) is 0 Å². The summed E-state index contributed by atoms with van der Waals surface area (Å²) in [4.78, 5) is 27.2. The van der Waals surface area contributed by atoms with Crippen LogP contribution in [0.2, 0.25) is 0 Å². The molecule has 0 unspecified atom stereocenters. The van der Waals surface area contributed by atoms with Gasteiger partial charge in [-0.1, -0.05) is 36.4 Å². The Kier molecular flexibility index (Phi) is 6.27. The van der Waals surface area contributed by atoms with Crippen LogP contribution in [0.25, 0.3) is 0 Å². The monoisotopic (exact) mass is 466 g/mol. The van der Waals surface area contributed by atoms with Crippen LogP contribution in [0, 0.1) is 6.92 Å².